The zero-order valence-electron chi connectivity index (χ0n) is 9.42. The highest BCUT2D eigenvalue weighted by atomic mass is 79.9. The highest BCUT2D eigenvalue weighted by Gasteiger charge is 2.28. The average Bonchev–Trinajstić information content (AvgIpc) is 2.79. The summed E-state index contributed by atoms with van der Waals surface area (Å²) in [6.07, 6.45) is 7.99. The Balaban J connectivity index is 1.91. The second-order valence-electron chi connectivity index (χ2n) is 4.76. The molecule has 0 saturated carbocycles. The first-order chi connectivity index (χ1) is 8.24. The SMILES string of the molecule is Clc1cc(C2=C[C@H]3NCC[C@H]3CC2)cnc1Br. The molecule has 0 bridgehead atoms. The molecule has 0 radical (unpaired) electrons. The third-order valence-corrected chi connectivity index (χ3v) is 4.88. The molecule has 2 atom stereocenters. The van der Waals surface area contributed by atoms with Crippen LogP contribution in [-0.4, -0.2) is 17.6 Å². The van der Waals surface area contributed by atoms with E-state index in [0.29, 0.717) is 11.1 Å². The first-order valence-electron chi connectivity index (χ1n) is 5.99. The molecule has 2 heterocycles. The van der Waals surface area contributed by atoms with Crippen LogP contribution in [0.1, 0.15) is 24.8 Å². The number of pyridine rings is 1. The van der Waals surface area contributed by atoms with Gasteiger partial charge in [0.2, 0.25) is 0 Å². The van der Waals surface area contributed by atoms with Crippen molar-refractivity contribution in [3.8, 4) is 0 Å². The summed E-state index contributed by atoms with van der Waals surface area (Å²) in [6, 6.07) is 2.56. The summed E-state index contributed by atoms with van der Waals surface area (Å²) in [5.74, 6) is 0.831. The predicted octanol–water partition coefficient (Wildman–Crippen LogP) is 3.65. The number of aromatic nitrogens is 1. The Bertz CT molecular complexity index is 472. The van der Waals surface area contributed by atoms with Crippen LogP contribution >= 0.6 is 27.5 Å². The summed E-state index contributed by atoms with van der Waals surface area (Å²) in [4.78, 5) is 4.26. The maximum atomic E-state index is 6.09. The van der Waals surface area contributed by atoms with Crippen LogP contribution in [0.15, 0.2) is 22.9 Å². The van der Waals surface area contributed by atoms with E-state index in [1.165, 1.54) is 18.4 Å². The molecule has 0 spiro atoms. The maximum absolute atomic E-state index is 6.09. The van der Waals surface area contributed by atoms with Gasteiger partial charge in [-0.15, -0.1) is 0 Å². The van der Waals surface area contributed by atoms with E-state index in [2.05, 4.69) is 32.3 Å². The molecular weight excluding hydrogens is 300 g/mol. The molecule has 1 fully saturated rings. The minimum atomic E-state index is 0.557. The fourth-order valence-corrected chi connectivity index (χ4v) is 3.16. The Kier molecular flexibility index (Phi) is 3.24. The van der Waals surface area contributed by atoms with Gasteiger partial charge in [0.25, 0.3) is 0 Å². The molecule has 1 N–H and O–H groups in total. The van der Waals surface area contributed by atoms with Crippen molar-refractivity contribution in [1.29, 1.82) is 0 Å². The lowest BCUT2D eigenvalue weighted by molar-refractivity contribution is 0.465. The van der Waals surface area contributed by atoms with E-state index >= 15 is 0 Å². The average molecular weight is 314 g/mol. The maximum Gasteiger partial charge on any atom is 0.124 e. The second kappa shape index (κ2) is 4.71. The van der Waals surface area contributed by atoms with Crippen LogP contribution in [0.3, 0.4) is 0 Å². The third kappa shape index (κ3) is 2.28. The van der Waals surface area contributed by atoms with Crippen LogP contribution in [0.2, 0.25) is 5.02 Å². The van der Waals surface area contributed by atoms with Gasteiger partial charge in [-0.3, -0.25) is 0 Å². The molecule has 17 heavy (non-hydrogen) atoms. The number of allylic oxidation sites excluding steroid dienone is 1. The number of nitrogens with zero attached hydrogens (tertiary/aromatic N) is 1. The molecule has 2 nitrogen and oxygen atoms in total. The number of hydrogen-bond acceptors (Lipinski definition) is 2. The Labute approximate surface area is 115 Å². The molecule has 3 rings (SSSR count). The van der Waals surface area contributed by atoms with Crippen molar-refractivity contribution in [1.82, 2.24) is 10.3 Å². The van der Waals surface area contributed by atoms with E-state index in [1.807, 2.05) is 12.3 Å². The Morgan fingerprint density at radius 2 is 2.29 bits per heavy atom. The minimum absolute atomic E-state index is 0.557. The zero-order valence-corrected chi connectivity index (χ0v) is 11.8. The number of fused-ring (bicyclic) bond motifs is 1. The Morgan fingerprint density at radius 1 is 1.41 bits per heavy atom. The number of nitrogens with one attached hydrogen (secondary N) is 1. The van der Waals surface area contributed by atoms with Gasteiger partial charge < -0.3 is 5.32 Å². The quantitative estimate of drug-likeness (QED) is 0.801. The molecule has 1 aromatic heterocycles. The van der Waals surface area contributed by atoms with E-state index in [-0.39, 0.29) is 0 Å². The van der Waals surface area contributed by atoms with Crippen molar-refractivity contribution in [3.05, 3.63) is 33.5 Å². The number of halogens is 2. The highest BCUT2D eigenvalue weighted by molar-refractivity contribution is 9.10. The fraction of sp³-hybridized carbons (Fsp3) is 0.462. The molecular formula is C13H14BrClN2. The molecule has 2 aliphatic rings. The lowest BCUT2D eigenvalue weighted by Gasteiger charge is -2.24. The third-order valence-electron chi connectivity index (χ3n) is 3.74. The van der Waals surface area contributed by atoms with Gasteiger partial charge in [0.1, 0.15) is 4.60 Å². The molecule has 90 valence electrons. The van der Waals surface area contributed by atoms with Gasteiger partial charge in [-0.2, -0.15) is 0 Å². The van der Waals surface area contributed by atoms with E-state index in [1.54, 1.807) is 0 Å². The lowest BCUT2D eigenvalue weighted by Crippen LogP contribution is -2.27. The highest BCUT2D eigenvalue weighted by Crippen LogP contribution is 2.35. The van der Waals surface area contributed by atoms with Crippen LogP contribution in [0.5, 0.6) is 0 Å². The molecule has 1 saturated heterocycles. The van der Waals surface area contributed by atoms with Gasteiger partial charge in [-0.05, 0) is 64.9 Å². The first-order valence-corrected chi connectivity index (χ1v) is 7.16. The van der Waals surface area contributed by atoms with Crippen molar-refractivity contribution in [2.24, 2.45) is 5.92 Å². The monoisotopic (exact) mass is 312 g/mol. The minimum Gasteiger partial charge on any atom is -0.310 e. The molecule has 0 aromatic carbocycles. The molecule has 1 aromatic rings. The first kappa shape index (κ1) is 11.7. The van der Waals surface area contributed by atoms with Gasteiger partial charge >= 0.3 is 0 Å². The second-order valence-corrected chi connectivity index (χ2v) is 5.91. The molecule has 0 amide bonds. The van der Waals surface area contributed by atoms with Gasteiger partial charge in [0.15, 0.2) is 0 Å². The van der Waals surface area contributed by atoms with E-state index in [0.717, 1.165) is 29.1 Å². The van der Waals surface area contributed by atoms with Crippen molar-refractivity contribution < 1.29 is 0 Å². The fourth-order valence-electron chi connectivity index (χ4n) is 2.78. The zero-order chi connectivity index (χ0) is 11.8. The summed E-state index contributed by atoms with van der Waals surface area (Å²) in [5, 5.41) is 4.23. The van der Waals surface area contributed by atoms with Crippen LogP contribution in [0.4, 0.5) is 0 Å². The number of rotatable bonds is 1. The Morgan fingerprint density at radius 3 is 3.12 bits per heavy atom. The van der Waals surface area contributed by atoms with E-state index in [9.17, 15) is 0 Å². The van der Waals surface area contributed by atoms with E-state index < -0.39 is 0 Å². The summed E-state index contributed by atoms with van der Waals surface area (Å²) < 4.78 is 0.719. The van der Waals surface area contributed by atoms with Gasteiger partial charge in [-0.1, -0.05) is 17.7 Å². The number of hydrogen-bond donors (Lipinski definition) is 1. The van der Waals surface area contributed by atoms with Gasteiger partial charge in [-0.25, -0.2) is 4.98 Å². The predicted molar refractivity (Wildman–Crippen MR) is 74.1 cm³/mol. The summed E-state index contributed by atoms with van der Waals surface area (Å²) >= 11 is 9.42. The summed E-state index contributed by atoms with van der Waals surface area (Å²) in [5.41, 5.74) is 2.54. The summed E-state index contributed by atoms with van der Waals surface area (Å²) in [6.45, 7) is 1.15. The molecule has 1 aliphatic heterocycles. The molecule has 0 unspecified atom stereocenters. The molecule has 1 aliphatic carbocycles. The Hall–Kier alpha value is -0.380. The van der Waals surface area contributed by atoms with Crippen molar-refractivity contribution in [3.63, 3.8) is 0 Å². The van der Waals surface area contributed by atoms with E-state index in [4.69, 9.17) is 11.6 Å². The van der Waals surface area contributed by atoms with Crippen LogP contribution < -0.4 is 5.32 Å². The van der Waals surface area contributed by atoms with Crippen molar-refractivity contribution >= 4 is 33.1 Å². The lowest BCUT2D eigenvalue weighted by atomic mass is 9.84. The smallest absolute Gasteiger partial charge is 0.124 e. The van der Waals surface area contributed by atoms with Crippen LogP contribution in [0, 0.1) is 5.92 Å². The normalized spacial score (nSPS) is 27.8. The molecule has 4 heteroatoms. The van der Waals surface area contributed by atoms with Crippen molar-refractivity contribution in [2.75, 3.05) is 6.54 Å². The largest absolute Gasteiger partial charge is 0.310 e. The standard InChI is InChI=1S/C13H14BrClN2/c14-13-11(15)5-10(7-17-13)9-2-1-8-3-4-16-12(8)6-9/h5-8,12,16H,1-4H2/t8-,12-/m1/s1. The van der Waals surface area contributed by atoms with Gasteiger partial charge in [0.05, 0.1) is 5.02 Å². The van der Waals surface area contributed by atoms with Gasteiger partial charge in [0, 0.05) is 12.2 Å². The van der Waals surface area contributed by atoms with Crippen LogP contribution in [0.25, 0.3) is 5.57 Å². The van der Waals surface area contributed by atoms with Crippen LogP contribution in [-0.2, 0) is 0 Å². The summed E-state index contributed by atoms with van der Waals surface area (Å²) in [7, 11) is 0. The van der Waals surface area contributed by atoms with Crippen molar-refractivity contribution in [2.45, 2.75) is 25.3 Å². The topological polar surface area (TPSA) is 24.9 Å².